The second-order valence-electron chi connectivity index (χ2n) is 5.38. The van der Waals surface area contributed by atoms with Crippen LogP contribution in [0.5, 0.6) is 0 Å². The number of imidazole rings is 1. The van der Waals surface area contributed by atoms with Gasteiger partial charge in [-0.2, -0.15) is 4.72 Å². The summed E-state index contributed by atoms with van der Waals surface area (Å²) < 4.78 is 26.9. The lowest BCUT2D eigenvalue weighted by atomic mass is 9.84. The molecule has 0 aromatic carbocycles. The molecule has 0 radical (unpaired) electrons. The molecule has 21 heavy (non-hydrogen) atoms. The van der Waals surface area contributed by atoms with Gasteiger partial charge in [0.25, 0.3) is 10.0 Å². The summed E-state index contributed by atoms with van der Waals surface area (Å²) in [5.41, 5.74) is 0. The molecule has 8 heteroatoms. The number of aryl methyl sites for hydroxylation is 1. The molecule has 0 spiro atoms. The maximum atomic E-state index is 12.3. The van der Waals surface area contributed by atoms with Crippen molar-refractivity contribution >= 4 is 16.0 Å². The molecule has 1 fully saturated rings. The summed E-state index contributed by atoms with van der Waals surface area (Å²) in [6, 6.07) is -1.08. The summed E-state index contributed by atoms with van der Waals surface area (Å²) >= 11 is 0. The van der Waals surface area contributed by atoms with Gasteiger partial charge in [-0.1, -0.05) is 26.2 Å². The number of H-pyrrole nitrogens is 1. The molecule has 1 saturated carbocycles. The molecule has 3 N–H and O–H groups in total. The van der Waals surface area contributed by atoms with Crippen LogP contribution in [0, 0.1) is 5.92 Å². The molecular weight excluding hydrogens is 294 g/mol. The molecule has 1 aliphatic rings. The van der Waals surface area contributed by atoms with Gasteiger partial charge in [-0.25, -0.2) is 13.4 Å². The normalized spacial score (nSPS) is 18.5. The van der Waals surface area contributed by atoms with E-state index in [0.717, 1.165) is 32.1 Å². The lowest BCUT2D eigenvalue weighted by molar-refractivity contribution is -0.140. The van der Waals surface area contributed by atoms with Crippen LogP contribution in [0.1, 0.15) is 44.9 Å². The smallest absolute Gasteiger partial charge is 0.322 e. The standard InChI is InChI=1S/C13H21N3O4S/c1-2-10-14-8-11(15-10)21(19,20)16-12(13(17)18)9-6-4-3-5-7-9/h8-9,12,16H,2-7H2,1H3,(H,14,15)(H,17,18). The van der Waals surface area contributed by atoms with Crippen molar-refractivity contribution in [3.63, 3.8) is 0 Å². The van der Waals surface area contributed by atoms with Crippen LogP contribution in [0.3, 0.4) is 0 Å². The van der Waals surface area contributed by atoms with Gasteiger partial charge in [0, 0.05) is 6.42 Å². The van der Waals surface area contributed by atoms with E-state index in [0.29, 0.717) is 12.2 Å². The number of sulfonamides is 1. The molecule has 1 unspecified atom stereocenters. The predicted molar refractivity (Wildman–Crippen MR) is 76.3 cm³/mol. The van der Waals surface area contributed by atoms with Crippen LogP contribution < -0.4 is 4.72 Å². The lowest BCUT2D eigenvalue weighted by Crippen LogP contribution is -2.46. The molecule has 1 heterocycles. The number of aromatic nitrogens is 2. The first kappa shape index (κ1) is 16.0. The average molecular weight is 315 g/mol. The zero-order chi connectivity index (χ0) is 15.5. The summed E-state index contributed by atoms with van der Waals surface area (Å²) in [7, 11) is -3.89. The highest BCUT2D eigenvalue weighted by molar-refractivity contribution is 7.89. The van der Waals surface area contributed by atoms with Crippen molar-refractivity contribution in [1.82, 2.24) is 14.7 Å². The van der Waals surface area contributed by atoms with Crippen molar-refractivity contribution in [3.05, 3.63) is 12.0 Å². The molecule has 1 aromatic rings. The van der Waals surface area contributed by atoms with E-state index in [1.807, 2.05) is 6.92 Å². The Kier molecular flexibility index (Phi) is 5.00. The van der Waals surface area contributed by atoms with Gasteiger partial charge in [0.15, 0.2) is 5.03 Å². The number of hydrogen-bond donors (Lipinski definition) is 3. The number of carboxylic acid groups (broad SMARTS) is 1. The van der Waals surface area contributed by atoms with E-state index in [1.54, 1.807) is 0 Å². The van der Waals surface area contributed by atoms with Gasteiger partial charge in [-0.3, -0.25) is 4.79 Å². The van der Waals surface area contributed by atoms with E-state index in [4.69, 9.17) is 0 Å². The first-order valence-corrected chi connectivity index (χ1v) is 8.71. The van der Waals surface area contributed by atoms with E-state index in [1.165, 1.54) is 6.20 Å². The van der Waals surface area contributed by atoms with Crippen molar-refractivity contribution in [2.45, 2.75) is 56.5 Å². The lowest BCUT2D eigenvalue weighted by Gasteiger charge is -2.27. The molecule has 7 nitrogen and oxygen atoms in total. The fourth-order valence-corrected chi connectivity index (χ4v) is 3.90. The molecule has 1 atom stereocenters. The van der Waals surface area contributed by atoms with Gasteiger partial charge < -0.3 is 10.1 Å². The summed E-state index contributed by atoms with van der Waals surface area (Å²) in [6.45, 7) is 1.85. The van der Waals surface area contributed by atoms with Crippen LogP contribution in [0.4, 0.5) is 0 Å². The second-order valence-corrected chi connectivity index (χ2v) is 7.07. The summed E-state index contributed by atoms with van der Waals surface area (Å²) in [6.07, 6.45) is 6.25. The Morgan fingerprint density at radius 2 is 2.14 bits per heavy atom. The van der Waals surface area contributed by atoms with E-state index in [2.05, 4.69) is 14.7 Å². The number of nitrogens with one attached hydrogen (secondary N) is 2. The van der Waals surface area contributed by atoms with E-state index in [9.17, 15) is 18.3 Å². The van der Waals surface area contributed by atoms with Gasteiger partial charge in [0.1, 0.15) is 11.9 Å². The third-order valence-corrected chi connectivity index (χ3v) is 5.25. The van der Waals surface area contributed by atoms with Crippen LogP contribution >= 0.6 is 0 Å². The topological polar surface area (TPSA) is 112 Å². The molecule has 1 aromatic heterocycles. The molecule has 0 bridgehead atoms. The Bertz CT molecular complexity index is 590. The average Bonchev–Trinajstić information content (AvgIpc) is 2.95. The Morgan fingerprint density at radius 3 is 2.67 bits per heavy atom. The number of carboxylic acids is 1. The Labute approximate surface area is 124 Å². The van der Waals surface area contributed by atoms with Crippen molar-refractivity contribution < 1.29 is 18.3 Å². The summed E-state index contributed by atoms with van der Waals surface area (Å²) in [5.74, 6) is -0.722. The van der Waals surface area contributed by atoms with E-state index in [-0.39, 0.29) is 10.9 Å². The van der Waals surface area contributed by atoms with Crippen molar-refractivity contribution in [3.8, 4) is 0 Å². The monoisotopic (exact) mass is 315 g/mol. The Morgan fingerprint density at radius 1 is 1.48 bits per heavy atom. The molecule has 1 aliphatic carbocycles. The molecule has 2 rings (SSSR count). The largest absolute Gasteiger partial charge is 0.480 e. The minimum Gasteiger partial charge on any atom is -0.480 e. The Hall–Kier alpha value is -1.41. The second kappa shape index (κ2) is 6.57. The maximum absolute atomic E-state index is 12.3. The molecular formula is C13H21N3O4S. The minimum atomic E-state index is -3.89. The zero-order valence-electron chi connectivity index (χ0n) is 12.0. The highest BCUT2D eigenvalue weighted by Gasteiger charge is 2.34. The molecule has 0 amide bonds. The predicted octanol–water partition coefficient (Wildman–Crippen LogP) is 1.28. The molecule has 0 aliphatic heterocycles. The highest BCUT2D eigenvalue weighted by atomic mass is 32.2. The van der Waals surface area contributed by atoms with Crippen molar-refractivity contribution in [2.24, 2.45) is 5.92 Å². The zero-order valence-corrected chi connectivity index (χ0v) is 12.8. The fraction of sp³-hybridized carbons (Fsp3) is 0.692. The van der Waals surface area contributed by atoms with Gasteiger partial charge in [0.05, 0.1) is 6.20 Å². The Balaban J connectivity index is 2.16. The number of aromatic amines is 1. The third kappa shape index (κ3) is 3.82. The maximum Gasteiger partial charge on any atom is 0.322 e. The van der Waals surface area contributed by atoms with Crippen molar-refractivity contribution in [2.75, 3.05) is 0 Å². The van der Waals surface area contributed by atoms with Gasteiger partial charge in [0.2, 0.25) is 0 Å². The molecule has 118 valence electrons. The fourth-order valence-electron chi connectivity index (χ4n) is 2.71. The minimum absolute atomic E-state index is 0.0820. The number of aliphatic carboxylic acids is 1. The van der Waals surface area contributed by atoms with Crippen LogP contribution in [-0.2, 0) is 21.2 Å². The van der Waals surface area contributed by atoms with E-state index < -0.39 is 22.0 Å². The first-order chi connectivity index (χ1) is 9.94. The van der Waals surface area contributed by atoms with Crippen LogP contribution in [0.25, 0.3) is 0 Å². The third-order valence-electron chi connectivity index (χ3n) is 3.90. The van der Waals surface area contributed by atoms with Crippen LogP contribution in [-0.4, -0.2) is 35.5 Å². The number of rotatable bonds is 6. The summed E-state index contributed by atoms with van der Waals surface area (Å²) in [4.78, 5) is 18.1. The van der Waals surface area contributed by atoms with Gasteiger partial charge in [-0.15, -0.1) is 0 Å². The molecule has 0 saturated heterocycles. The number of carbonyl (C=O) groups is 1. The van der Waals surface area contributed by atoms with Crippen molar-refractivity contribution in [1.29, 1.82) is 0 Å². The summed E-state index contributed by atoms with van der Waals surface area (Å²) in [5, 5.41) is 9.25. The van der Waals surface area contributed by atoms with Gasteiger partial charge in [-0.05, 0) is 18.8 Å². The first-order valence-electron chi connectivity index (χ1n) is 7.23. The van der Waals surface area contributed by atoms with Gasteiger partial charge >= 0.3 is 5.97 Å². The van der Waals surface area contributed by atoms with Crippen LogP contribution in [0.15, 0.2) is 11.2 Å². The number of hydrogen-bond acceptors (Lipinski definition) is 4. The van der Waals surface area contributed by atoms with E-state index >= 15 is 0 Å². The SMILES string of the molecule is CCc1ncc(S(=O)(=O)NC(C(=O)O)C2CCCCC2)[nH]1. The quantitative estimate of drug-likeness (QED) is 0.732. The van der Waals surface area contributed by atoms with Crippen LogP contribution in [0.2, 0.25) is 0 Å². The number of nitrogens with zero attached hydrogens (tertiary/aromatic N) is 1. The highest BCUT2D eigenvalue weighted by Crippen LogP contribution is 2.27.